The Balaban J connectivity index is 2.52. The van der Waals surface area contributed by atoms with Gasteiger partial charge in [-0.3, -0.25) is 0 Å². The number of nitrogens with zero attached hydrogens (tertiary/aromatic N) is 2. The molecule has 0 aromatic carbocycles. The molecule has 0 bridgehead atoms. The van der Waals surface area contributed by atoms with Crippen molar-refractivity contribution in [1.29, 1.82) is 0 Å². The number of aryl methyl sites for hydroxylation is 1. The Bertz CT molecular complexity index is 300. The molecule has 1 aromatic heterocycles. The second kappa shape index (κ2) is 4.83. The van der Waals surface area contributed by atoms with Crippen LogP contribution in [0.3, 0.4) is 0 Å². The first-order chi connectivity index (χ1) is 6.26. The van der Waals surface area contributed by atoms with Gasteiger partial charge in [0.2, 0.25) is 5.13 Å². The first kappa shape index (κ1) is 10.0. The second-order valence-electron chi connectivity index (χ2n) is 2.78. The van der Waals surface area contributed by atoms with Gasteiger partial charge in [-0.05, 0) is 13.3 Å². The lowest BCUT2D eigenvalue weighted by Gasteiger charge is -2.08. The van der Waals surface area contributed by atoms with E-state index in [0.29, 0.717) is 0 Å². The summed E-state index contributed by atoms with van der Waals surface area (Å²) in [7, 11) is 0. The molecule has 0 saturated heterocycles. The van der Waals surface area contributed by atoms with Crippen molar-refractivity contribution in [1.82, 2.24) is 10.2 Å². The summed E-state index contributed by atoms with van der Waals surface area (Å²) >= 11 is 1.53. The predicted octanol–water partition coefficient (Wildman–Crippen LogP) is 2.06. The van der Waals surface area contributed by atoms with Gasteiger partial charge in [0.1, 0.15) is 5.01 Å². The number of hydrogen-bond donors (Lipinski definition) is 1. The van der Waals surface area contributed by atoms with Crippen LogP contribution < -0.4 is 5.32 Å². The molecule has 70 valence electrons. The van der Waals surface area contributed by atoms with Gasteiger partial charge in [0.25, 0.3) is 0 Å². The molecule has 0 spiro atoms. The zero-order chi connectivity index (χ0) is 9.68. The molecule has 0 amide bonds. The molecule has 0 aliphatic carbocycles. The molecule has 0 aliphatic rings. The number of rotatable bonds is 4. The smallest absolute Gasteiger partial charge is 0.206 e. The van der Waals surface area contributed by atoms with Gasteiger partial charge in [0, 0.05) is 0 Å². The Labute approximate surface area is 82.6 Å². The molecule has 1 heterocycles. The third-order valence-corrected chi connectivity index (χ3v) is 2.37. The van der Waals surface area contributed by atoms with E-state index >= 15 is 0 Å². The summed E-state index contributed by atoms with van der Waals surface area (Å²) in [4.78, 5) is 0. The van der Waals surface area contributed by atoms with Crippen molar-refractivity contribution in [3.63, 3.8) is 0 Å². The summed E-state index contributed by atoms with van der Waals surface area (Å²) in [5.74, 6) is 2.69. The van der Waals surface area contributed by atoms with E-state index in [-0.39, 0.29) is 6.04 Å². The average molecular weight is 195 g/mol. The summed E-state index contributed by atoms with van der Waals surface area (Å²) < 4.78 is 0. The zero-order valence-electron chi connectivity index (χ0n) is 7.87. The van der Waals surface area contributed by atoms with E-state index in [1.165, 1.54) is 11.3 Å². The Kier molecular flexibility index (Phi) is 3.71. The van der Waals surface area contributed by atoms with Crippen molar-refractivity contribution in [3.05, 3.63) is 5.01 Å². The number of aromatic nitrogens is 2. The zero-order valence-corrected chi connectivity index (χ0v) is 8.69. The van der Waals surface area contributed by atoms with Gasteiger partial charge in [-0.25, -0.2) is 0 Å². The standard InChI is InChI=1S/C9H13N3S/c1-4-6-8(5-2)10-9-12-11-7(3)13-9/h2,8H,4,6H2,1,3H3,(H,10,12). The lowest BCUT2D eigenvalue weighted by molar-refractivity contribution is 0.753. The lowest BCUT2D eigenvalue weighted by Crippen LogP contribution is -2.16. The third kappa shape index (κ3) is 3.03. The molecular weight excluding hydrogens is 182 g/mol. The fourth-order valence-electron chi connectivity index (χ4n) is 0.990. The lowest BCUT2D eigenvalue weighted by atomic mass is 10.2. The van der Waals surface area contributed by atoms with Gasteiger partial charge in [-0.1, -0.05) is 30.6 Å². The van der Waals surface area contributed by atoms with Gasteiger partial charge in [-0.15, -0.1) is 16.6 Å². The van der Waals surface area contributed by atoms with Crippen LogP contribution in [-0.4, -0.2) is 16.2 Å². The summed E-state index contributed by atoms with van der Waals surface area (Å²) in [5, 5.41) is 12.8. The average Bonchev–Trinajstić information content (AvgIpc) is 2.50. The van der Waals surface area contributed by atoms with Crippen molar-refractivity contribution in [2.45, 2.75) is 32.7 Å². The van der Waals surface area contributed by atoms with Crippen LogP contribution in [-0.2, 0) is 0 Å². The van der Waals surface area contributed by atoms with E-state index in [1.807, 2.05) is 6.92 Å². The van der Waals surface area contributed by atoms with Crippen molar-refractivity contribution >= 4 is 16.5 Å². The summed E-state index contributed by atoms with van der Waals surface area (Å²) in [5.41, 5.74) is 0. The maximum absolute atomic E-state index is 5.36. The molecule has 1 atom stereocenters. The van der Waals surface area contributed by atoms with Crippen LogP contribution in [0.2, 0.25) is 0 Å². The molecule has 0 aliphatic heterocycles. The quantitative estimate of drug-likeness (QED) is 0.747. The minimum Gasteiger partial charge on any atom is -0.346 e. The molecule has 13 heavy (non-hydrogen) atoms. The SMILES string of the molecule is C#CC(CCC)Nc1nnc(C)s1. The summed E-state index contributed by atoms with van der Waals surface area (Å²) in [6.45, 7) is 4.03. The molecule has 1 unspecified atom stereocenters. The maximum atomic E-state index is 5.36. The predicted molar refractivity (Wildman–Crippen MR) is 55.8 cm³/mol. The van der Waals surface area contributed by atoms with Crippen LogP contribution in [0.1, 0.15) is 24.8 Å². The van der Waals surface area contributed by atoms with Gasteiger partial charge in [0.05, 0.1) is 6.04 Å². The van der Waals surface area contributed by atoms with E-state index in [1.54, 1.807) is 0 Å². The first-order valence-corrected chi connectivity index (χ1v) is 5.10. The molecule has 1 rings (SSSR count). The summed E-state index contributed by atoms with van der Waals surface area (Å²) in [6, 6.07) is 0.0809. The monoisotopic (exact) mass is 195 g/mol. The van der Waals surface area contributed by atoms with Crippen LogP contribution >= 0.6 is 11.3 Å². The number of anilines is 1. The first-order valence-electron chi connectivity index (χ1n) is 4.29. The number of hydrogen-bond acceptors (Lipinski definition) is 4. The van der Waals surface area contributed by atoms with E-state index in [4.69, 9.17) is 6.42 Å². The second-order valence-corrected chi connectivity index (χ2v) is 3.96. The minimum absolute atomic E-state index is 0.0809. The number of nitrogens with one attached hydrogen (secondary N) is 1. The van der Waals surface area contributed by atoms with Crippen LogP contribution in [0, 0.1) is 19.3 Å². The highest BCUT2D eigenvalue weighted by Gasteiger charge is 2.06. The number of terminal acetylenes is 1. The van der Waals surface area contributed by atoms with E-state index in [0.717, 1.165) is 23.0 Å². The Morgan fingerprint density at radius 3 is 2.85 bits per heavy atom. The van der Waals surface area contributed by atoms with Crippen molar-refractivity contribution in [2.75, 3.05) is 5.32 Å². The minimum atomic E-state index is 0.0809. The largest absolute Gasteiger partial charge is 0.346 e. The van der Waals surface area contributed by atoms with Crippen molar-refractivity contribution < 1.29 is 0 Å². The van der Waals surface area contributed by atoms with Crippen molar-refractivity contribution in [3.8, 4) is 12.3 Å². The van der Waals surface area contributed by atoms with Crippen LogP contribution in [0.5, 0.6) is 0 Å². The Hall–Kier alpha value is -1.08. The summed E-state index contributed by atoms with van der Waals surface area (Å²) in [6.07, 6.45) is 7.39. The molecule has 0 radical (unpaired) electrons. The Morgan fingerprint density at radius 1 is 1.62 bits per heavy atom. The van der Waals surface area contributed by atoms with E-state index in [2.05, 4.69) is 28.4 Å². The van der Waals surface area contributed by atoms with Gasteiger partial charge < -0.3 is 5.32 Å². The maximum Gasteiger partial charge on any atom is 0.206 e. The molecule has 4 heteroatoms. The highest BCUT2D eigenvalue weighted by atomic mass is 32.1. The van der Waals surface area contributed by atoms with Crippen LogP contribution in [0.15, 0.2) is 0 Å². The highest BCUT2D eigenvalue weighted by molar-refractivity contribution is 7.15. The molecule has 1 N–H and O–H groups in total. The fourth-order valence-corrected chi connectivity index (χ4v) is 1.63. The molecule has 0 saturated carbocycles. The van der Waals surface area contributed by atoms with Gasteiger partial charge in [-0.2, -0.15) is 0 Å². The third-order valence-electron chi connectivity index (χ3n) is 1.60. The van der Waals surface area contributed by atoms with Crippen LogP contribution in [0.4, 0.5) is 5.13 Å². The normalized spacial score (nSPS) is 12.1. The van der Waals surface area contributed by atoms with E-state index < -0.39 is 0 Å². The molecule has 0 fully saturated rings. The molecule has 3 nitrogen and oxygen atoms in total. The fraction of sp³-hybridized carbons (Fsp3) is 0.556. The van der Waals surface area contributed by atoms with Gasteiger partial charge >= 0.3 is 0 Å². The Morgan fingerprint density at radius 2 is 2.38 bits per heavy atom. The van der Waals surface area contributed by atoms with Crippen molar-refractivity contribution in [2.24, 2.45) is 0 Å². The topological polar surface area (TPSA) is 37.8 Å². The highest BCUT2D eigenvalue weighted by Crippen LogP contribution is 2.15. The van der Waals surface area contributed by atoms with Crippen LogP contribution in [0.25, 0.3) is 0 Å². The van der Waals surface area contributed by atoms with Gasteiger partial charge in [0.15, 0.2) is 0 Å². The van der Waals surface area contributed by atoms with E-state index in [9.17, 15) is 0 Å². The molecule has 1 aromatic rings. The molecular formula is C9H13N3S.